The molecule has 0 spiro atoms. The van der Waals surface area contributed by atoms with Crippen molar-refractivity contribution < 1.29 is 14.3 Å². The molecule has 1 rings (SSSR count). The Kier molecular flexibility index (Phi) is 7.63. The van der Waals surface area contributed by atoms with Gasteiger partial charge in [0.2, 0.25) is 5.91 Å². The molecule has 1 atom stereocenters. The number of rotatable bonds is 7. The Morgan fingerprint density at radius 2 is 1.65 bits per heavy atom. The predicted octanol–water partition coefficient (Wildman–Crippen LogP) is 2.58. The highest BCUT2D eigenvalue weighted by Crippen LogP contribution is 2.10. The van der Waals surface area contributed by atoms with E-state index in [9.17, 15) is 9.59 Å². The Hall–Kier alpha value is -2.08. The highest BCUT2D eigenvalue weighted by atomic mass is 16.6. The van der Waals surface area contributed by atoms with Crippen LogP contribution in [-0.4, -0.2) is 54.7 Å². The molecular weight excluding hydrogens is 330 g/mol. The third-order valence-corrected chi connectivity index (χ3v) is 4.20. The van der Waals surface area contributed by atoms with Crippen molar-refractivity contribution in [3.63, 3.8) is 0 Å². The zero-order valence-electron chi connectivity index (χ0n) is 17.1. The van der Waals surface area contributed by atoms with Crippen LogP contribution in [0.15, 0.2) is 30.3 Å². The Morgan fingerprint density at radius 1 is 1.08 bits per heavy atom. The summed E-state index contributed by atoms with van der Waals surface area (Å²) in [6, 6.07) is 8.89. The maximum absolute atomic E-state index is 12.7. The van der Waals surface area contributed by atoms with Crippen LogP contribution < -0.4 is 10.6 Å². The van der Waals surface area contributed by atoms with Gasteiger partial charge in [-0.05, 0) is 54.3 Å². The van der Waals surface area contributed by atoms with E-state index < -0.39 is 17.7 Å². The van der Waals surface area contributed by atoms with Gasteiger partial charge in [0.1, 0.15) is 11.6 Å². The number of likely N-dealkylation sites (N-methyl/N-ethyl adjacent to an activating group) is 1. The average Bonchev–Trinajstić information content (AvgIpc) is 2.51. The lowest BCUT2D eigenvalue weighted by Gasteiger charge is -2.33. The van der Waals surface area contributed by atoms with Crippen LogP contribution in [0.25, 0.3) is 0 Å². The minimum absolute atomic E-state index is 0.196. The molecule has 2 N–H and O–H groups in total. The molecule has 26 heavy (non-hydrogen) atoms. The van der Waals surface area contributed by atoms with E-state index in [-0.39, 0.29) is 11.4 Å². The molecule has 0 heterocycles. The number of nitrogens with zero attached hydrogens (tertiary/aromatic N) is 1. The topological polar surface area (TPSA) is 70.7 Å². The molecule has 0 aromatic heterocycles. The Labute approximate surface area is 157 Å². The summed E-state index contributed by atoms with van der Waals surface area (Å²) < 4.78 is 5.30. The van der Waals surface area contributed by atoms with Crippen LogP contribution in [0.5, 0.6) is 0 Å². The molecule has 0 radical (unpaired) electrons. The molecule has 0 aliphatic rings. The summed E-state index contributed by atoms with van der Waals surface area (Å²) in [4.78, 5) is 26.9. The lowest BCUT2D eigenvalue weighted by molar-refractivity contribution is -0.123. The maximum atomic E-state index is 12.7. The van der Waals surface area contributed by atoms with Crippen LogP contribution in [0, 0.1) is 0 Å². The van der Waals surface area contributed by atoms with Crippen molar-refractivity contribution >= 4 is 12.0 Å². The van der Waals surface area contributed by atoms with E-state index in [0.717, 1.165) is 5.56 Å². The van der Waals surface area contributed by atoms with E-state index in [1.807, 2.05) is 63.2 Å². The van der Waals surface area contributed by atoms with E-state index in [1.165, 1.54) is 0 Å². The first-order valence-electron chi connectivity index (χ1n) is 8.89. The minimum atomic E-state index is -0.704. The predicted molar refractivity (Wildman–Crippen MR) is 104 cm³/mol. The number of hydrogen-bond acceptors (Lipinski definition) is 4. The van der Waals surface area contributed by atoms with Crippen molar-refractivity contribution in [1.82, 2.24) is 15.5 Å². The van der Waals surface area contributed by atoms with E-state index in [0.29, 0.717) is 13.0 Å². The van der Waals surface area contributed by atoms with Crippen molar-refractivity contribution in [3.8, 4) is 0 Å². The standard InChI is InChI=1S/C20H33N3O3/c1-19(2,3)26-18(25)22-16(13-15-11-9-8-10-12-15)17(24)21-14-20(4,5)23(6)7/h8-12,16H,13-14H2,1-7H3,(H,21,24)(H,22,25). The number of carbonyl (C=O) groups excluding carboxylic acids is 2. The molecule has 6 heteroatoms. The van der Waals surface area contributed by atoms with Gasteiger partial charge in [-0.25, -0.2) is 4.79 Å². The minimum Gasteiger partial charge on any atom is -0.444 e. The lowest BCUT2D eigenvalue weighted by Crippen LogP contribution is -2.54. The fourth-order valence-corrected chi connectivity index (χ4v) is 2.09. The van der Waals surface area contributed by atoms with Gasteiger partial charge >= 0.3 is 6.09 Å². The summed E-state index contributed by atoms with van der Waals surface area (Å²) in [5, 5.41) is 5.64. The molecule has 0 bridgehead atoms. The van der Waals surface area contributed by atoms with Crippen molar-refractivity contribution in [1.29, 1.82) is 0 Å². The second-order valence-corrected chi connectivity index (χ2v) is 8.31. The average molecular weight is 364 g/mol. The normalized spacial score (nSPS) is 13.2. The van der Waals surface area contributed by atoms with Crippen LogP contribution in [0.3, 0.4) is 0 Å². The molecular formula is C20H33N3O3. The fourth-order valence-electron chi connectivity index (χ4n) is 2.09. The highest BCUT2D eigenvalue weighted by molar-refractivity contribution is 5.86. The zero-order valence-corrected chi connectivity index (χ0v) is 17.1. The van der Waals surface area contributed by atoms with Gasteiger partial charge in [0.05, 0.1) is 0 Å². The summed E-state index contributed by atoms with van der Waals surface area (Å²) in [6.07, 6.45) is -0.200. The van der Waals surface area contributed by atoms with Crippen LogP contribution in [0.4, 0.5) is 4.79 Å². The van der Waals surface area contributed by atoms with Gasteiger partial charge < -0.3 is 20.3 Å². The molecule has 1 aromatic carbocycles. The summed E-state index contributed by atoms with van der Waals surface area (Å²) >= 11 is 0. The molecule has 146 valence electrons. The van der Waals surface area contributed by atoms with Crippen molar-refractivity contribution in [3.05, 3.63) is 35.9 Å². The largest absolute Gasteiger partial charge is 0.444 e. The Bertz CT molecular complexity index is 592. The highest BCUT2D eigenvalue weighted by Gasteiger charge is 2.27. The first kappa shape index (κ1) is 22.0. The van der Waals surface area contributed by atoms with E-state index in [2.05, 4.69) is 10.6 Å². The van der Waals surface area contributed by atoms with Gasteiger partial charge in [-0.15, -0.1) is 0 Å². The number of hydrogen-bond donors (Lipinski definition) is 2. The number of alkyl carbamates (subject to hydrolysis) is 1. The van der Waals surface area contributed by atoms with Crippen molar-refractivity contribution in [2.45, 2.75) is 58.2 Å². The van der Waals surface area contributed by atoms with E-state index >= 15 is 0 Å². The number of nitrogens with one attached hydrogen (secondary N) is 2. The van der Waals surface area contributed by atoms with Crippen LogP contribution in [-0.2, 0) is 16.0 Å². The Morgan fingerprint density at radius 3 is 2.15 bits per heavy atom. The monoisotopic (exact) mass is 363 g/mol. The quantitative estimate of drug-likeness (QED) is 0.781. The second-order valence-electron chi connectivity index (χ2n) is 8.31. The number of ether oxygens (including phenoxy) is 1. The van der Waals surface area contributed by atoms with Crippen LogP contribution >= 0.6 is 0 Å². The van der Waals surface area contributed by atoms with Gasteiger partial charge in [-0.3, -0.25) is 4.79 Å². The first-order chi connectivity index (χ1) is 11.9. The molecule has 0 saturated heterocycles. The van der Waals surface area contributed by atoms with E-state index in [1.54, 1.807) is 20.8 Å². The van der Waals surface area contributed by atoms with Gasteiger partial charge in [-0.1, -0.05) is 30.3 Å². The second kappa shape index (κ2) is 9.03. The molecule has 0 aliphatic carbocycles. The number of carbonyl (C=O) groups is 2. The number of benzene rings is 1. The summed E-state index contributed by atoms with van der Waals surface area (Å²) in [6.45, 7) is 9.93. The summed E-state index contributed by atoms with van der Waals surface area (Å²) in [5.41, 5.74) is 0.152. The molecule has 1 unspecified atom stereocenters. The molecule has 2 amide bonds. The third kappa shape index (κ3) is 7.87. The number of amides is 2. The van der Waals surface area contributed by atoms with Crippen LogP contribution in [0.2, 0.25) is 0 Å². The first-order valence-corrected chi connectivity index (χ1v) is 8.89. The van der Waals surface area contributed by atoms with Gasteiger partial charge in [-0.2, -0.15) is 0 Å². The SMILES string of the molecule is CN(C)C(C)(C)CNC(=O)C(Cc1ccccc1)NC(=O)OC(C)(C)C. The van der Waals surface area contributed by atoms with E-state index in [4.69, 9.17) is 4.74 Å². The van der Waals surface area contributed by atoms with Gasteiger partial charge in [0, 0.05) is 18.5 Å². The van der Waals surface area contributed by atoms with Gasteiger partial charge in [0.15, 0.2) is 0 Å². The van der Waals surface area contributed by atoms with Crippen LogP contribution in [0.1, 0.15) is 40.2 Å². The smallest absolute Gasteiger partial charge is 0.408 e. The molecule has 0 aliphatic heterocycles. The zero-order chi connectivity index (χ0) is 20.0. The molecule has 0 saturated carbocycles. The maximum Gasteiger partial charge on any atom is 0.408 e. The Balaban J connectivity index is 2.82. The summed E-state index contributed by atoms with van der Waals surface area (Å²) in [7, 11) is 3.93. The third-order valence-electron chi connectivity index (χ3n) is 4.20. The molecule has 6 nitrogen and oxygen atoms in total. The van der Waals surface area contributed by atoms with Crippen molar-refractivity contribution in [2.24, 2.45) is 0 Å². The van der Waals surface area contributed by atoms with Crippen molar-refractivity contribution in [2.75, 3.05) is 20.6 Å². The molecule has 0 fully saturated rings. The molecule has 1 aromatic rings. The fraction of sp³-hybridized carbons (Fsp3) is 0.600. The van der Waals surface area contributed by atoms with Gasteiger partial charge in [0.25, 0.3) is 0 Å². The lowest BCUT2D eigenvalue weighted by atomic mass is 10.0. The summed E-state index contributed by atoms with van der Waals surface area (Å²) in [5.74, 6) is -0.227.